The third kappa shape index (κ3) is 2.05. The summed E-state index contributed by atoms with van der Waals surface area (Å²) in [6, 6.07) is 0. The van der Waals surface area contributed by atoms with E-state index < -0.39 is 0 Å². The number of hydrogen-bond acceptors (Lipinski definition) is 1. The third-order valence-corrected chi connectivity index (χ3v) is 5.74. The van der Waals surface area contributed by atoms with Crippen LogP contribution < -0.4 is 0 Å². The molecule has 0 saturated carbocycles. The SMILES string of the molecule is CCCCC1CN2CCC3=C(CCCC3)C2(C)C1. The van der Waals surface area contributed by atoms with Crippen LogP contribution in [0.1, 0.15) is 71.6 Å². The standard InChI is InChI=1S/C17H29N/c1-3-4-7-14-12-17(2)16-9-6-5-8-15(16)10-11-18(17)13-14/h14H,3-13H2,1-2H3. The van der Waals surface area contributed by atoms with Gasteiger partial charge in [-0.1, -0.05) is 30.9 Å². The Morgan fingerprint density at radius 2 is 2.06 bits per heavy atom. The molecule has 1 aliphatic carbocycles. The Morgan fingerprint density at radius 3 is 2.89 bits per heavy atom. The van der Waals surface area contributed by atoms with Crippen molar-refractivity contribution in [3.8, 4) is 0 Å². The van der Waals surface area contributed by atoms with Crippen LogP contribution >= 0.6 is 0 Å². The van der Waals surface area contributed by atoms with E-state index in [0.29, 0.717) is 5.54 Å². The number of unbranched alkanes of at least 4 members (excludes halogenated alkanes) is 1. The maximum Gasteiger partial charge on any atom is 0.0398 e. The van der Waals surface area contributed by atoms with Gasteiger partial charge in [-0.15, -0.1) is 0 Å². The second-order valence-electron chi connectivity index (χ2n) is 6.97. The summed E-state index contributed by atoms with van der Waals surface area (Å²) in [5.41, 5.74) is 4.20. The van der Waals surface area contributed by atoms with Gasteiger partial charge >= 0.3 is 0 Å². The van der Waals surface area contributed by atoms with Crippen molar-refractivity contribution in [2.75, 3.05) is 13.1 Å². The topological polar surface area (TPSA) is 3.24 Å². The van der Waals surface area contributed by atoms with Gasteiger partial charge in [-0.25, -0.2) is 0 Å². The van der Waals surface area contributed by atoms with Crippen LogP contribution in [0.2, 0.25) is 0 Å². The lowest BCUT2D eigenvalue weighted by Crippen LogP contribution is -2.47. The lowest BCUT2D eigenvalue weighted by molar-refractivity contribution is 0.166. The van der Waals surface area contributed by atoms with E-state index >= 15 is 0 Å². The zero-order valence-electron chi connectivity index (χ0n) is 12.3. The summed E-state index contributed by atoms with van der Waals surface area (Å²) in [6.07, 6.45) is 12.8. The third-order valence-electron chi connectivity index (χ3n) is 5.74. The molecule has 2 atom stereocenters. The fourth-order valence-corrected chi connectivity index (χ4v) is 4.77. The molecule has 0 aromatic carbocycles. The molecule has 0 radical (unpaired) electrons. The number of nitrogens with zero attached hydrogens (tertiary/aromatic N) is 1. The van der Waals surface area contributed by atoms with Crippen LogP contribution in [-0.4, -0.2) is 23.5 Å². The maximum atomic E-state index is 2.83. The summed E-state index contributed by atoms with van der Waals surface area (Å²) in [4.78, 5) is 2.83. The van der Waals surface area contributed by atoms with E-state index in [1.165, 1.54) is 70.9 Å². The quantitative estimate of drug-likeness (QED) is 0.662. The van der Waals surface area contributed by atoms with Crippen molar-refractivity contribution in [3.63, 3.8) is 0 Å². The molecule has 1 saturated heterocycles. The van der Waals surface area contributed by atoms with Gasteiger partial charge in [0.1, 0.15) is 0 Å². The smallest absolute Gasteiger partial charge is 0.0398 e. The highest BCUT2D eigenvalue weighted by Gasteiger charge is 2.46. The molecule has 0 aromatic rings. The minimum atomic E-state index is 0.465. The van der Waals surface area contributed by atoms with Crippen molar-refractivity contribution in [3.05, 3.63) is 11.1 Å². The molecule has 18 heavy (non-hydrogen) atoms. The summed E-state index contributed by atoms with van der Waals surface area (Å²) < 4.78 is 0. The molecule has 0 aromatic heterocycles. The highest BCUT2D eigenvalue weighted by Crippen LogP contribution is 2.48. The lowest BCUT2D eigenvalue weighted by Gasteiger charge is -2.45. The van der Waals surface area contributed by atoms with Gasteiger partial charge in [0.2, 0.25) is 0 Å². The molecular formula is C17H29N. The molecular weight excluding hydrogens is 218 g/mol. The first-order chi connectivity index (χ1) is 8.74. The first-order valence-electron chi connectivity index (χ1n) is 8.20. The maximum absolute atomic E-state index is 2.83. The Hall–Kier alpha value is -0.300. The van der Waals surface area contributed by atoms with E-state index in [-0.39, 0.29) is 0 Å². The highest BCUT2D eigenvalue weighted by atomic mass is 15.2. The van der Waals surface area contributed by atoms with Gasteiger partial charge in [-0.05, 0) is 57.8 Å². The lowest BCUT2D eigenvalue weighted by atomic mass is 9.74. The Kier molecular flexibility index (Phi) is 3.53. The molecule has 0 N–H and O–H groups in total. The first kappa shape index (κ1) is 12.7. The molecule has 1 fully saturated rings. The van der Waals surface area contributed by atoms with Gasteiger partial charge in [-0.3, -0.25) is 4.90 Å². The molecule has 3 aliphatic rings. The second kappa shape index (κ2) is 5.00. The summed E-state index contributed by atoms with van der Waals surface area (Å²) >= 11 is 0. The Labute approximate surface area is 113 Å². The number of hydrogen-bond donors (Lipinski definition) is 0. The zero-order chi connectivity index (χ0) is 12.6. The van der Waals surface area contributed by atoms with Crippen LogP contribution in [0.3, 0.4) is 0 Å². The van der Waals surface area contributed by atoms with E-state index in [0.717, 1.165) is 5.92 Å². The Balaban J connectivity index is 1.78. The van der Waals surface area contributed by atoms with Crippen LogP contribution in [0.25, 0.3) is 0 Å². The minimum absolute atomic E-state index is 0.465. The largest absolute Gasteiger partial charge is 0.294 e. The molecule has 102 valence electrons. The molecule has 3 rings (SSSR count). The van der Waals surface area contributed by atoms with E-state index in [1.54, 1.807) is 0 Å². The average Bonchev–Trinajstić information content (AvgIpc) is 2.73. The normalized spacial score (nSPS) is 36.7. The predicted molar refractivity (Wildman–Crippen MR) is 77.7 cm³/mol. The van der Waals surface area contributed by atoms with Crippen molar-refractivity contribution in [2.24, 2.45) is 5.92 Å². The Morgan fingerprint density at radius 1 is 1.22 bits per heavy atom. The highest BCUT2D eigenvalue weighted by molar-refractivity contribution is 5.32. The fourth-order valence-electron chi connectivity index (χ4n) is 4.77. The fraction of sp³-hybridized carbons (Fsp3) is 0.882. The summed E-state index contributed by atoms with van der Waals surface area (Å²) in [6.45, 7) is 7.61. The minimum Gasteiger partial charge on any atom is -0.294 e. The first-order valence-corrected chi connectivity index (χ1v) is 8.20. The Bertz CT molecular complexity index is 344. The van der Waals surface area contributed by atoms with Crippen LogP contribution in [0.4, 0.5) is 0 Å². The number of fused-ring (bicyclic) bond motifs is 2. The van der Waals surface area contributed by atoms with Crippen molar-refractivity contribution in [1.29, 1.82) is 0 Å². The van der Waals surface area contributed by atoms with Crippen molar-refractivity contribution < 1.29 is 0 Å². The molecule has 2 aliphatic heterocycles. The van der Waals surface area contributed by atoms with E-state index in [2.05, 4.69) is 18.7 Å². The van der Waals surface area contributed by atoms with E-state index in [1.807, 2.05) is 11.1 Å². The molecule has 1 nitrogen and oxygen atoms in total. The summed E-state index contributed by atoms with van der Waals surface area (Å²) in [5.74, 6) is 0.976. The molecule has 1 heteroatoms. The monoisotopic (exact) mass is 247 g/mol. The molecule has 0 spiro atoms. The summed E-state index contributed by atoms with van der Waals surface area (Å²) in [7, 11) is 0. The molecule has 0 amide bonds. The van der Waals surface area contributed by atoms with Crippen LogP contribution in [0.5, 0.6) is 0 Å². The van der Waals surface area contributed by atoms with Gasteiger partial charge in [0.15, 0.2) is 0 Å². The van der Waals surface area contributed by atoms with Crippen LogP contribution in [-0.2, 0) is 0 Å². The van der Waals surface area contributed by atoms with Gasteiger partial charge in [-0.2, -0.15) is 0 Å². The predicted octanol–water partition coefficient (Wildman–Crippen LogP) is 4.53. The van der Waals surface area contributed by atoms with Crippen molar-refractivity contribution >= 4 is 0 Å². The summed E-state index contributed by atoms with van der Waals surface area (Å²) in [5, 5.41) is 0. The van der Waals surface area contributed by atoms with Gasteiger partial charge in [0.05, 0.1) is 0 Å². The average molecular weight is 247 g/mol. The molecule has 2 unspecified atom stereocenters. The van der Waals surface area contributed by atoms with Crippen molar-refractivity contribution in [1.82, 2.24) is 4.90 Å². The molecule has 0 bridgehead atoms. The van der Waals surface area contributed by atoms with E-state index in [9.17, 15) is 0 Å². The van der Waals surface area contributed by atoms with Crippen LogP contribution in [0, 0.1) is 5.92 Å². The van der Waals surface area contributed by atoms with Gasteiger partial charge in [0, 0.05) is 18.6 Å². The van der Waals surface area contributed by atoms with Crippen LogP contribution in [0.15, 0.2) is 11.1 Å². The van der Waals surface area contributed by atoms with Gasteiger partial charge < -0.3 is 0 Å². The van der Waals surface area contributed by atoms with Crippen molar-refractivity contribution in [2.45, 2.75) is 77.2 Å². The second-order valence-corrected chi connectivity index (χ2v) is 6.97. The zero-order valence-corrected chi connectivity index (χ0v) is 12.3. The number of rotatable bonds is 3. The van der Waals surface area contributed by atoms with Gasteiger partial charge in [0.25, 0.3) is 0 Å². The molecule has 2 heterocycles. The van der Waals surface area contributed by atoms with E-state index in [4.69, 9.17) is 0 Å².